The van der Waals surface area contributed by atoms with Crippen molar-refractivity contribution in [1.82, 2.24) is 4.98 Å². The molecule has 1 aliphatic rings. The van der Waals surface area contributed by atoms with Gasteiger partial charge >= 0.3 is 0 Å². The van der Waals surface area contributed by atoms with E-state index < -0.39 is 0 Å². The van der Waals surface area contributed by atoms with Crippen LogP contribution >= 0.6 is 0 Å². The summed E-state index contributed by atoms with van der Waals surface area (Å²) in [6.45, 7) is 0. The minimum absolute atomic E-state index is 0.0432. The highest BCUT2D eigenvalue weighted by atomic mass is 16.5. The number of aromatic nitrogens is 1. The van der Waals surface area contributed by atoms with Crippen molar-refractivity contribution in [3.63, 3.8) is 0 Å². The molecule has 1 aromatic carbocycles. The topological polar surface area (TPSA) is 51.3 Å². The average Bonchev–Trinajstić information content (AvgIpc) is 3.00. The van der Waals surface area contributed by atoms with Gasteiger partial charge in [-0.05, 0) is 24.8 Å². The van der Waals surface area contributed by atoms with Crippen molar-refractivity contribution in [2.75, 3.05) is 14.2 Å². The Balaban J connectivity index is 2.17. The van der Waals surface area contributed by atoms with Crippen LogP contribution in [0, 0.1) is 0 Å². The lowest BCUT2D eigenvalue weighted by atomic mass is 10.0. The molecular formula is C16H19NO3. The summed E-state index contributed by atoms with van der Waals surface area (Å²) in [7, 11) is 3.17. The molecule has 1 aliphatic carbocycles. The molecule has 106 valence electrons. The fraction of sp³-hybridized carbons (Fsp3) is 0.438. The second-order valence-corrected chi connectivity index (χ2v) is 5.32. The van der Waals surface area contributed by atoms with Gasteiger partial charge in [-0.2, -0.15) is 0 Å². The lowest BCUT2D eigenvalue weighted by Crippen LogP contribution is -2.08. The summed E-state index contributed by atoms with van der Waals surface area (Å²) in [4.78, 5) is 15.7. The molecule has 0 aliphatic heterocycles. The number of aromatic amines is 1. The smallest absolute Gasteiger partial charge is 0.189 e. The van der Waals surface area contributed by atoms with Gasteiger partial charge in [-0.15, -0.1) is 0 Å². The Bertz CT molecular complexity index is 684. The van der Waals surface area contributed by atoms with E-state index in [1.54, 1.807) is 26.4 Å². The molecule has 1 saturated carbocycles. The number of fused-ring (bicyclic) bond motifs is 1. The third-order valence-electron chi connectivity index (χ3n) is 4.15. The molecule has 0 atom stereocenters. The average molecular weight is 273 g/mol. The number of methoxy groups -OCH3 is 2. The van der Waals surface area contributed by atoms with Crippen molar-refractivity contribution in [2.24, 2.45) is 0 Å². The second-order valence-electron chi connectivity index (χ2n) is 5.32. The summed E-state index contributed by atoms with van der Waals surface area (Å²) in [5, 5.41) is 0.643. The van der Waals surface area contributed by atoms with Gasteiger partial charge in [0.25, 0.3) is 0 Å². The Morgan fingerprint density at radius 3 is 2.35 bits per heavy atom. The minimum Gasteiger partial charge on any atom is -0.493 e. The fourth-order valence-electron chi connectivity index (χ4n) is 3.05. The first-order chi connectivity index (χ1) is 9.72. The molecule has 0 bridgehead atoms. The number of hydrogen-bond acceptors (Lipinski definition) is 3. The van der Waals surface area contributed by atoms with E-state index in [1.165, 1.54) is 12.8 Å². The van der Waals surface area contributed by atoms with Gasteiger partial charge in [-0.1, -0.05) is 12.8 Å². The Labute approximate surface area is 117 Å². The lowest BCUT2D eigenvalue weighted by molar-refractivity contribution is 0.355. The van der Waals surface area contributed by atoms with Crippen LogP contribution in [0.25, 0.3) is 10.9 Å². The fourth-order valence-corrected chi connectivity index (χ4v) is 3.05. The number of H-pyrrole nitrogens is 1. The molecule has 2 aromatic rings. The van der Waals surface area contributed by atoms with E-state index in [0.717, 1.165) is 24.1 Å². The largest absolute Gasteiger partial charge is 0.493 e. The van der Waals surface area contributed by atoms with Gasteiger partial charge in [0, 0.05) is 23.2 Å². The van der Waals surface area contributed by atoms with Crippen molar-refractivity contribution in [3.8, 4) is 11.5 Å². The summed E-state index contributed by atoms with van der Waals surface area (Å²) in [6.07, 6.45) is 4.82. The highest BCUT2D eigenvalue weighted by Gasteiger charge is 2.19. The zero-order valence-electron chi connectivity index (χ0n) is 11.9. The molecule has 3 rings (SSSR count). The van der Waals surface area contributed by atoms with E-state index in [-0.39, 0.29) is 5.43 Å². The Kier molecular flexibility index (Phi) is 3.38. The SMILES string of the molecule is COc1cc2[nH]c(C3CCCC3)cc(=O)c2cc1OC. The van der Waals surface area contributed by atoms with Gasteiger partial charge in [0.15, 0.2) is 16.9 Å². The molecular weight excluding hydrogens is 254 g/mol. The summed E-state index contributed by atoms with van der Waals surface area (Å²) in [6, 6.07) is 5.32. The lowest BCUT2D eigenvalue weighted by Gasteiger charge is -2.13. The zero-order valence-corrected chi connectivity index (χ0v) is 11.9. The molecule has 0 unspecified atom stereocenters. The molecule has 0 spiro atoms. The first-order valence-electron chi connectivity index (χ1n) is 7.02. The van der Waals surface area contributed by atoms with Gasteiger partial charge in [0.1, 0.15) is 0 Å². The Morgan fingerprint density at radius 1 is 1.05 bits per heavy atom. The summed E-state index contributed by atoms with van der Waals surface area (Å²) < 4.78 is 10.6. The van der Waals surface area contributed by atoms with Gasteiger partial charge in [0.2, 0.25) is 0 Å². The highest BCUT2D eigenvalue weighted by Crippen LogP contribution is 2.34. The van der Waals surface area contributed by atoms with Crippen LogP contribution in [0.2, 0.25) is 0 Å². The van der Waals surface area contributed by atoms with Crippen molar-refractivity contribution >= 4 is 10.9 Å². The van der Waals surface area contributed by atoms with Crippen molar-refractivity contribution < 1.29 is 9.47 Å². The molecule has 0 radical (unpaired) electrons. The first kappa shape index (κ1) is 13.0. The van der Waals surface area contributed by atoms with E-state index >= 15 is 0 Å². The molecule has 1 heterocycles. The van der Waals surface area contributed by atoms with Crippen LogP contribution in [-0.4, -0.2) is 19.2 Å². The predicted octanol–water partition coefficient (Wildman–Crippen LogP) is 3.20. The van der Waals surface area contributed by atoms with E-state index in [4.69, 9.17) is 9.47 Å². The first-order valence-corrected chi connectivity index (χ1v) is 7.02. The molecule has 0 amide bonds. The third kappa shape index (κ3) is 2.15. The minimum atomic E-state index is 0.0432. The van der Waals surface area contributed by atoms with Crippen LogP contribution in [-0.2, 0) is 0 Å². The molecule has 1 N–H and O–H groups in total. The van der Waals surface area contributed by atoms with Crippen LogP contribution < -0.4 is 14.9 Å². The van der Waals surface area contributed by atoms with Crippen molar-refractivity contribution in [1.29, 1.82) is 0 Å². The highest BCUT2D eigenvalue weighted by molar-refractivity contribution is 5.82. The number of rotatable bonds is 3. The van der Waals surface area contributed by atoms with E-state index in [2.05, 4.69) is 4.98 Å². The van der Waals surface area contributed by atoms with E-state index in [9.17, 15) is 4.79 Å². The predicted molar refractivity (Wildman–Crippen MR) is 78.9 cm³/mol. The third-order valence-corrected chi connectivity index (χ3v) is 4.15. The summed E-state index contributed by atoms with van der Waals surface area (Å²) in [5.41, 5.74) is 1.91. The van der Waals surface area contributed by atoms with Crippen molar-refractivity contribution in [2.45, 2.75) is 31.6 Å². The number of pyridine rings is 1. The van der Waals surface area contributed by atoms with Gasteiger partial charge in [0.05, 0.1) is 19.7 Å². The summed E-state index contributed by atoms with van der Waals surface area (Å²) in [5.74, 6) is 1.71. The number of nitrogens with one attached hydrogen (secondary N) is 1. The van der Waals surface area contributed by atoms with Crippen molar-refractivity contribution in [3.05, 3.63) is 34.1 Å². The molecule has 1 fully saturated rings. The van der Waals surface area contributed by atoms with Crippen LogP contribution in [0.5, 0.6) is 11.5 Å². The standard InChI is InChI=1S/C16H19NO3/c1-19-15-7-11-13(9-16(15)20-2)17-12(8-14(11)18)10-5-3-4-6-10/h7-10H,3-6H2,1-2H3,(H,17,18). The van der Waals surface area contributed by atoms with E-state index in [0.29, 0.717) is 22.8 Å². The zero-order chi connectivity index (χ0) is 14.1. The molecule has 0 saturated heterocycles. The van der Waals surface area contributed by atoms with E-state index in [1.807, 2.05) is 6.07 Å². The van der Waals surface area contributed by atoms with Gasteiger partial charge in [-0.3, -0.25) is 4.79 Å². The molecule has 4 nitrogen and oxygen atoms in total. The monoisotopic (exact) mass is 273 g/mol. The summed E-state index contributed by atoms with van der Waals surface area (Å²) >= 11 is 0. The molecule has 1 aromatic heterocycles. The molecule has 20 heavy (non-hydrogen) atoms. The maximum Gasteiger partial charge on any atom is 0.189 e. The van der Waals surface area contributed by atoms with Crippen LogP contribution in [0.15, 0.2) is 23.0 Å². The second kappa shape index (κ2) is 5.19. The number of benzene rings is 1. The van der Waals surface area contributed by atoms with Crippen LogP contribution in [0.1, 0.15) is 37.3 Å². The molecule has 4 heteroatoms. The van der Waals surface area contributed by atoms with Gasteiger partial charge in [-0.25, -0.2) is 0 Å². The normalized spacial score (nSPS) is 15.7. The van der Waals surface area contributed by atoms with Crippen LogP contribution in [0.4, 0.5) is 0 Å². The quantitative estimate of drug-likeness (QED) is 0.934. The van der Waals surface area contributed by atoms with Gasteiger partial charge < -0.3 is 14.5 Å². The number of hydrogen-bond donors (Lipinski definition) is 1. The van der Waals surface area contributed by atoms with Crippen LogP contribution in [0.3, 0.4) is 0 Å². The Hall–Kier alpha value is -1.97. The Morgan fingerprint density at radius 2 is 1.70 bits per heavy atom. The number of ether oxygens (including phenoxy) is 2. The maximum absolute atomic E-state index is 12.3. The maximum atomic E-state index is 12.3.